The fourth-order valence-corrected chi connectivity index (χ4v) is 2.46. The molecule has 2 heterocycles. The second-order valence-corrected chi connectivity index (χ2v) is 4.77. The molecule has 0 spiro atoms. The average molecular weight is 270 g/mol. The second-order valence-electron chi connectivity index (χ2n) is 3.91. The summed E-state index contributed by atoms with van der Waals surface area (Å²) in [6, 6.07) is 9.78. The number of hydrogen-bond acceptors (Lipinski definition) is 4. The number of benzene rings is 1. The largest absolute Gasteiger partial charge is 0.364 e. The van der Waals surface area contributed by atoms with Gasteiger partial charge in [0, 0.05) is 17.1 Å². The van der Waals surface area contributed by atoms with Gasteiger partial charge in [-0.25, -0.2) is 9.67 Å². The Labute approximate surface area is 113 Å². The van der Waals surface area contributed by atoms with E-state index in [1.807, 2.05) is 36.5 Å². The second kappa shape index (κ2) is 4.66. The van der Waals surface area contributed by atoms with Crippen LogP contribution in [0.25, 0.3) is 16.3 Å². The number of amides is 1. The maximum Gasteiger partial charge on any atom is 0.268 e. The van der Waals surface area contributed by atoms with E-state index < -0.39 is 5.91 Å². The van der Waals surface area contributed by atoms with Crippen molar-refractivity contribution in [3.8, 4) is 16.3 Å². The molecule has 0 saturated carbocycles. The minimum absolute atomic E-state index is 0.285. The molecule has 0 unspecified atom stereocenters. The molecule has 2 aromatic heterocycles. The summed E-state index contributed by atoms with van der Waals surface area (Å²) in [7, 11) is 0. The Bertz CT molecular complexity index is 717. The Morgan fingerprint density at radius 2 is 2.05 bits per heavy atom. The van der Waals surface area contributed by atoms with Crippen LogP contribution in [0.3, 0.4) is 0 Å². The first kappa shape index (κ1) is 11.6. The maximum atomic E-state index is 11.0. The van der Waals surface area contributed by atoms with E-state index in [2.05, 4.69) is 10.1 Å². The zero-order valence-corrected chi connectivity index (χ0v) is 10.7. The van der Waals surface area contributed by atoms with Crippen LogP contribution in [0.4, 0.5) is 0 Å². The molecule has 0 saturated heterocycles. The van der Waals surface area contributed by atoms with Gasteiger partial charge in [0.2, 0.25) is 0 Å². The first-order valence-electron chi connectivity index (χ1n) is 5.60. The quantitative estimate of drug-likeness (QED) is 0.792. The van der Waals surface area contributed by atoms with Crippen LogP contribution in [0.15, 0.2) is 48.1 Å². The highest BCUT2D eigenvalue weighted by Crippen LogP contribution is 2.23. The smallest absolute Gasteiger partial charge is 0.268 e. The summed E-state index contributed by atoms with van der Waals surface area (Å²) in [6.45, 7) is 0. The van der Waals surface area contributed by atoms with Crippen LogP contribution < -0.4 is 5.73 Å². The minimum atomic E-state index is -0.516. The monoisotopic (exact) mass is 270 g/mol. The molecule has 3 aromatic rings. The van der Waals surface area contributed by atoms with Gasteiger partial charge in [-0.2, -0.15) is 5.10 Å². The number of rotatable bonds is 3. The topological polar surface area (TPSA) is 73.8 Å². The SMILES string of the molecule is NC(=O)c1csc(-c2cnn(-c3ccccc3)c2)n1. The summed E-state index contributed by atoms with van der Waals surface area (Å²) in [5.74, 6) is -0.516. The lowest BCUT2D eigenvalue weighted by Gasteiger charge is -1.98. The first-order chi connectivity index (χ1) is 9.24. The van der Waals surface area contributed by atoms with Gasteiger partial charge < -0.3 is 5.73 Å². The molecule has 1 aromatic carbocycles. The molecule has 0 fully saturated rings. The highest BCUT2D eigenvalue weighted by molar-refractivity contribution is 7.13. The fraction of sp³-hybridized carbons (Fsp3) is 0. The normalized spacial score (nSPS) is 10.5. The molecule has 0 aliphatic heterocycles. The zero-order chi connectivity index (χ0) is 13.2. The van der Waals surface area contributed by atoms with Crippen molar-refractivity contribution in [3.63, 3.8) is 0 Å². The number of hydrogen-bond donors (Lipinski definition) is 1. The van der Waals surface area contributed by atoms with Crippen LogP contribution in [0, 0.1) is 0 Å². The number of para-hydroxylation sites is 1. The number of carbonyl (C=O) groups excluding carboxylic acids is 1. The van der Waals surface area contributed by atoms with Crippen LogP contribution >= 0.6 is 11.3 Å². The number of carbonyl (C=O) groups is 1. The molecule has 5 nitrogen and oxygen atoms in total. The third-order valence-electron chi connectivity index (χ3n) is 2.61. The van der Waals surface area contributed by atoms with E-state index in [1.165, 1.54) is 11.3 Å². The Kier molecular flexibility index (Phi) is 2.85. The summed E-state index contributed by atoms with van der Waals surface area (Å²) in [5, 5.41) is 6.67. The predicted octanol–water partition coefficient (Wildman–Crippen LogP) is 2.09. The van der Waals surface area contributed by atoms with Crippen LogP contribution in [0.1, 0.15) is 10.5 Å². The number of nitrogens with two attached hydrogens (primary N) is 1. The van der Waals surface area contributed by atoms with E-state index in [1.54, 1.807) is 16.3 Å². The maximum absolute atomic E-state index is 11.0. The third-order valence-corrected chi connectivity index (χ3v) is 3.50. The van der Waals surface area contributed by atoms with Crippen molar-refractivity contribution in [1.29, 1.82) is 0 Å². The first-order valence-corrected chi connectivity index (χ1v) is 6.48. The molecule has 0 aliphatic rings. The van der Waals surface area contributed by atoms with Crippen molar-refractivity contribution in [1.82, 2.24) is 14.8 Å². The molecule has 1 amide bonds. The van der Waals surface area contributed by atoms with Gasteiger partial charge in [-0.15, -0.1) is 11.3 Å². The van der Waals surface area contributed by atoms with E-state index in [0.717, 1.165) is 16.3 Å². The van der Waals surface area contributed by atoms with Gasteiger partial charge >= 0.3 is 0 Å². The van der Waals surface area contributed by atoms with Crippen molar-refractivity contribution in [2.24, 2.45) is 5.73 Å². The Morgan fingerprint density at radius 1 is 1.26 bits per heavy atom. The Hall–Kier alpha value is -2.47. The highest BCUT2D eigenvalue weighted by atomic mass is 32.1. The number of primary amides is 1. The van der Waals surface area contributed by atoms with Crippen molar-refractivity contribution >= 4 is 17.2 Å². The molecular weight excluding hydrogens is 260 g/mol. The van der Waals surface area contributed by atoms with Crippen LogP contribution in [0.2, 0.25) is 0 Å². The number of aromatic nitrogens is 3. The molecular formula is C13H10N4OS. The lowest BCUT2D eigenvalue weighted by molar-refractivity contribution is 0.0996. The van der Waals surface area contributed by atoms with E-state index >= 15 is 0 Å². The van der Waals surface area contributed by atoms with E-state index in [0.29, 0.717) is 0 Å². The van der Waals surface area contributed by atoms with E-state index in [9.17, 15) is 4.79 Å². The number of thiazole rings is 1. The molecule has 2 N–H and O–H groups in total. The fourth-order valence-electron chi connectivity index (χ4n) is 1.67. The lowest BCUT2D eigenvalue weighted by atomic mass is 10.3. The van der Waals surface area contributed by atoms with E-state index in [-0.39, 0.29) is 5.69 Å². The van der Waals surface area contributed by atoms with E-state index in [4.69, 9.17) is 5.73 Å². The molecule has 94 valence electrons. The number of nitrogens with zero attached hydrogens (tertiary/aromatic N) is 3. The van der Waals surface area contributed by atoms with Crippen molar-refractivity contribution in [3.05, 3.63) is 53.8 Å². The van der Waals surface area contributed by atoms with Crippen molar-refractivity contribution < 1.29 is 4.79 Å². The molecule has 0 radical (unpaired) electrons. The van der Waals surface area contributed by atoms with Crippen LogP contribution in [-0.4, -0.2) is 20.7 Å². The summed E-state index contributed by atoms with van der Waals surface area (Å²) >= 11 is 1.37. The molecule has 0 atom stereocenters. The molecule has 6 heteroatoms. The van der Waals surface area contributed by atoms with Crippen LogP contribution in [0.5, 0.6) is 0 Å². The highest BCUT2D eigenvalue weighted by Gasteiger charge is 2.10. The van der Waals surface area contributed by atoms with Gasteiger partial charge in [-0.05, 0) is 12.1 Å². The van der Waals surface area contributed by atoms with Crippen molar-refractivity contribution in [2.75, 3.05) is 0 Å². The summed E-state index contributed by atoms with van der Waals surface area (Å²) < 4.78 is 1.76. The Morgan fingerprint density at radius 3 is 2.74 bits per heavy atom. The molecule has 3 rings (SSSR count). The zero-order valence-electron chi connectivity index (χ0n) is 9.85. The van der Waals surface area contributed by atoms with Gasteiger partial charge in [0.1, 0.15) is 10.7 Å². The molecule has 19 heavy (non-hydrogen) atoms. The minimum Gasteiger partial charge on any atom is -0.364 e. The average Bonchev–Trinajstić information content (AvgIpc) is 3.09. The lowest BCUT2D eigenvalue weighted by Crippen LogP contribution is -2.10. The van der Waals surface area contributed by atoms with Crippen molar-refractivity contribution in [2.45, 2.75) is 0 Å². The Balaban J connectivity index is 1.94. The van der Waals surface area contributed by atoms with Gasteiger partial charge in [-0.1, -0.05) is 18.2 Å². The standard InChI is InChI=1S/C13H10N4OS/c14-12(18)11-8-19-13(16-11)9-6-15-17(7-9)10-4-2-1-3-5-10/h1-8H,(H2,14,18). The summed E-state index contributed by atoms with van der Waals surface area (Å²) in [4.78, 5) is 15.2. The predicted molar refractivity (Wildman–Crippen MR) is 73.2 cm³/mol. The summed E-state index contributed by atoms with van der Waals surface area (Å²) in [5.41, 5.74) is 7.31. The molecule has 0 aliphatic carbocycles. The third kappa shape index (κ3) is 2.25. The van der Waals surface area contributed by atoms with Gasteiger partial charge in [-0.3, -0.25) is 4.79 Å². The van der Waals surface area contributed by atoms with Gasteiger partial charge in [0.25, 0.3) is 5.91 Å². The van der Waals surface area contributed by atoms with Gasteiger partial charge in [0.15, 0.2) is 0 Å². The van der Waals surface area contributed by atoms with Crippen LogP contribution in [-0.2, 0) is 0 Å². The van der Waals surface area contributed by atoms with Gasteiger partial charge in [0.05, 0.1) is 11.9 Å². The summed E-state index contributed by atoms with van der Waals surface area (Å²) in [6.07, 6.45) is 3.59. The molecule has 0 bridgehead atoms.